The molecule has 0 bridgehead atoms. The van der Waals surface area contributed by atoms with Crippen molar-refractivity contribution in [1.82, 2.24) is 9.62 Å². The summed E-state index contributed by atoms with van der Waals surface area (Å²) in [5, 5.41) is 2.87. The summed E-state index contributed by atoms with van der Waals surface area (Å²) < 4.78 is 27.0. The number of hydrogen-bond donors (Lipinski definition) is 1. The molecule has 1 aromatic heterocycles. The quantitative estimate of drug-likeness (QED) is 0.886. The number of rotatable bonds is 5. The Balaban J connectivity index is 1.96. The molecule has 2 rings (SSSR count). The van der Waals surface area contributed by atoms with Gasteiger partial charge in [-0.15, -0.1) is 11.3 Å². The van der Waals surface area contributed by atoms with Crippen LogP contribution in [0.15, 0.2) is 16.3 Å². The Kier molecular flexibility index (Phi) is 5.65. The van der Waals surface area contributed by atoms with E-state index in [1.807, 2.05) is 6.92 Å². The molecule has 1 fully saturated rings. The maximum atomic E-state index is 12.4. The number of amides is 1. The van der Waals surface area contributed by atoms with Gasteiger partial charge in [0, 0.05) is 25.6 Å². The number of thiophene rings is 1. The number of nitrogens with zero attached hydrogens (tertiary/aromatic N) is 1. The molecule has 5 nitrogen and oxygen atoms in total. The van der Waals surface area contributed by atoms with Gasteiger partial charge in [-0.1, -0.05) is 18.5 Å². The van der Waals surface area contributed by atoms with E-state index in [2.05, 4.69) is 5.32 Å². The van der Waals surface area contributed by atoms with Crippen LogP contribution in [0.2, 0.25) is 4.34 Å². The Bertz CT molecular complexity index is 592. The summed E-state index contributed by atoms with van der Waals surface area (Å²) in [5.41, 5.74) is 0. The van der Waals surface area contributed by atoms with Crippen molar-refractivity contribution in [2.75, 3.05) is 19.6 Å². The molecule has 1 aliphatic heterocycles. The summed E-state index contributed by atoms with van der Waals surface area (Å²) in [6.07, 6.45) is 2.03. The van der Waals surface area contributed by atoms with E-state index in [1.54, 1.807) is 6.07 Å². The van der Waals surface area contributed by atoms with Crippen LogP contribution in [0, 0.1) is 5.92 Å². The van der Waals surface area contributed by atoms with Gasteiger partial charge in [0.25, 0.3) is 10.0 Å². The van der Waals surface area contributed by atoms with Crippen LogP contribution in [0.3, 0.4) is 0 Å². The minimum absolute atomic E-state index is 0.0352. The van der Waals surface area contributed by atoms with E-state index >= 15 is 0 Å². The Hall–Kier alpha value is -0.630. The van der Waals surface area contributed by atoms with Gasteiger partial charge in [0.2, 0.25) is 5.91 Å². The molecule has 0 aromatic carbocycles. The summed E-state index contributed by atoms with van der Waals surface area (Å²) >= 11 is 6.86. The molecule has 1 amide bonds. The second kappa shape index (κ2) is 7.09. The topological polar surface area (TPSA) is 66.5 Å². The molecular formula is C13H19ClN2O3S2. The normalized spacial score (nSPS) is 17.8. The lowest BCUT2D eigenvalue weighted by atomic mass is 9.97. The highest BCUT2D eigenvalue weighted by Crippen LogP contribution is 2.30. The molecule has 1 aromatic rings. The first-order valence-electron chi connectivity index (χ1n) is 6.98. The Morgan fingerprint density at radius 2 is 2.10 bits per heavy atom. The fourth-order valence-corrected chi connectivity index (χ4v) is 5.42. The fraction of sp³-hybridized carbons (Fsp3) is 0.615. The third-order valence-corrected chi connectivity index (χ3v) is 7.11. The number of nitrogens with one attached hydrogen (secondary N) is 1. The van der Waals surface area contributed by atoms with E-state index in [0.717, 1.165) is 17.8 Å². The number of halogens is 1. The van der Waals surface area contributed by atoms with Crippen LogP contribution in [0.25, 0.3) is 0 Å². The van der Waals surface area contributed by atoms with Crippen molar-refractivity contribution in [2.24, 2.45) is 5.92 Å². The van der Waals surface area contributed by atoms with E-state index < -0.39 is 10.0 Å². The highest BCUT2D eigenvalue weighted by atomic mass is 35.5. The number of sulfonamides is 1. The van der Waals surface area contributed by atoms with Crippen molar-refractivity contribution in [2.45, 2.75) is 30.4 Å². The summed E-state index contributed by atoms with van der Waals surface area (Å²) in [5.74, 6) is -0.0528. The molecule has 1 saturated heterocycles. The van der Waals surface area contributed by atoms with Gasteiger partial charge < -0.3 is 5.32 Å². The second-order valence-corrected chi connectivity index (χ2v) is 8.91. The molecule has 118 valence electrons. The number of piperidine rings is 1. The van der Waals surface area contributed by atoms with E-state index in [4.69, 9.17) is 11.6 Å². The van der Waals surface area contributed by atoms with Crippen LogP contribution in [-0.2, 0) is 14.8 Å². The van der Waals surface area contributed by atoms with Crippen LogP contribution in [0.5, 0.6) is 0 Å². The van der Waals surface area contributed by atoms with E-state index in [9.17, 15) is 13.2 Å². The minimum atomic E-state index is -3.47. The molecule has 0 aliphatic carbocycles. The number of hydrogen-bond acceptors (Lipinski definition) is 4. The third kappa shape index (κ3) is 3.97. The molecule has 0 radical (unpaired) electrons. The highest BCUT2D eigenvalue weighted by Gasteiger charge is 2.32. The smallest absolute Gasteiger partial charge is 0.252 e. The zero-order chi connectivity index (χ0) is 15.5. The lowest BCUT2D eigenvalue weighted by Gasteiger charge is -2.30. The highest BCUT2D eigenvalue weighted by molar-refractivity contribution is 7.91. The van der Waals surface area contributed by atoms with Gasteiger partial charge in [-0.3, -0.25) is 4.79 Å². The maximum absolute atomic E-state index is 12.4. The zero-order valence-electron chi connectivity index (χ0n) is 11.8. The van der Waals surface area contributed by atoms with Crippen LogP contribution in [0.1, 0.15) is 26.2 Å². The van der Waals surface area contributed by atoms with Gasteiger partial charge in [-0.2, -0.15) is 4.31 Å². The largest absolute Gasteiger partial charge is 0.356 e. The van der Waals surface area contributed by atoms with Gasteiger partial charge in [0.1, 0.15) is 4.21 Å². The van der Waals surface area contributed by atoms with Gasteiger partial charge in [0.05, 0.1) is 4.34 Å². The van der Waals surface area contributed by atoms with Crippen molar-refractivity contribution in [3.8, 4) is 0 Å². The first-order valence-corrected chi connectivity index (χ1v) is 9.61. The molecule has 0 unspecified atom stereocenters. The van der Waals surface area contributed by atoms with E-state index in [1.165, 1.54) is 10.4 Å². The predicted molar refractivity (Wildman–Crippen MR) is 84.1 cm³/mol. The second-order valence-electron chi connectivity index (χ2n) is 5.03. The van der Waals surface area contributed by atoms with Crippen LogP contribution >= 0.6 is 22.9 Å². The lowest BCUT2D eigenvalue weighted by Crippen LogP contribution is -2.42. The van der Waals surface area contributed by atoms with Crippen LogP contribution in [-0.4, -0.2) is 38.3 Å². The lowest BCUT2D eigenvalue weighted by molar-refractivity contribution is -0.126. The molecule has 0 saturated carbocycles. The molecule has 8 heteroatoms. The van der Waals surface area contributed by atoms with Crippen molar-refractivity contribution < 1.29 is 13.2 Å². The first-order chi connectivity index (χ1) is 9.95. The molecular weight excluding hydrogens is 332 g/mol. The number of carbonyl (C=O) groups is 1. The predicted octanol–water partition coefficient (Wildman–Crippen LogP) is 2.33. The molecule has 0 spiro atoms. The minimum Gasteiger partial charge on any atom is -0.356 e. The average Bonchev–Trinajstić information content (AvgIpc) is 2.92. The summed E-state index contributed by atoms with van der Waals surface area (Å²) in [4.78, 5) is 11.9. The van der Waals surface area contributed by atoms with E-state index in [0.29, 0.717) is 36.8 Å². The van der Waals surface area contributed by atoms with Gasteiger partial charge >= 0.3 is 0 Å². The Labute approximate surface area is 134 Å². The Morgan fingerprint density at radius 1 is 1.43 bits per heavy atom. The summed E-state index contributed by atoms with van der Waals surface area (Å²) in [6.45, 7) is 3.43. The first kappa shape index (κ1) is 16.7. The molecule has 21 heavy (non-hydrogen) atoms. The third-order valence-electron chi connectivity index (χ3n) is 3.52. The van der Waals surface area contributed by atoms with Crippen LogP contribution < -0.4 is 5.32 Å². The molecule has 1 aliphatic rings. The van der Waals surface area contributed by atoms with Crippen molar-refractivity contribution in [3.63, 3.8) is 0 Å². The molecule has 2 heterocycles. The van der Waals surface area contributed by atoms with Crippen molar-refractivity contribution in [3.05, 3.63) is 16.5 Å². The summed E-state index contributed by atoms with van der Waals surface area (Å²) in [6, 6.07) is 3.12. The van der Waals surface area contributed by atoms with Gasteiger partial charge in [-0.05, 0) is 31.4 Å². The fourth-order valence-electron chi connectivity index (χ4n) is 2.31. The summed E-state index contributed by atoms with van der Waals surface area (Å²) in [7, 11) is -3.47. The molecule has 0 atom stereocenters. The average molecular weight is 351 g/mol. The van der Waals surface area contributed by atoms with E-state index in [-0.39, 0.29) is 16.0 Å². The van der Waals surface area contributed by atoms with Crippen molar-refractivity contribution >= 4 is 38.9 Å². The van der Waals surface area contributed by atoms with Gasteiger partial charge in [-0.25, -0.2) is 8.42 Å². The van der Waals surface area contributed by atoms with Crippen molar-refractivity contribution in [1.29, 1.82) is 0 Å². The zero-order valence-corrected chi connectivity index (χ0v) is 14.2. The standard InChI is InChI=1S/C13H19ClN2O3S2/c1-2-7-15-13(17)10-5-8-16(9-6-10)21(18,19)12-4-3-11(14)20-12/h3-4,10H,2,5-9H2,1H3,(H,15,17). The Morgan fingerprint density at radius 3 is 2.62 bits per heavy atom. The van der Waals surface area contributed by atoms with Gasteiger partial charge in [0.15, 0.2) is 0 Å². The number of carbonyl (C=O) groups excluding carboxylic acids is 1. The molecule has 1 N–H and O–H groups in total. The maximum Gasteiger partial charge on any atom is 0.252 e. The monoisotopic (exact) mass is 350 g/mol. The SMILES string of the molecule is CCCNC(=O)C1CCN(S(=O)(=O)c2ccc(Cl)s2)CC1. The van der Waals surface area contributed by atoms with Crippen LogP contribution in [0.4, 0.5) is 0 Å².